The van der Waals surface area contributed by atoms with E-state index in [4.69, 9.17) is 11.6 Å². The summed E-state index contributed by atoms with van der Waals surface area (Å²) in [6, 6.07) is 11.0. The van der Waals surface area contributed by atoms with E-state index in [9.17, 15) is 4.79 Å². The number of aromatic nitrogens is 3. The predicted molar refractivity (Wildman–Crippen MR) is 84.0 cm³/mol. The van der Waals surface area contributed by atoms with Gasteiger partial charge in [-0.25, -0.2) is 4.68 Å². The molecule has 5 nitrogen and oxygen atoms in total. The second kappa shape index (κ2) is 6.41. The van der Waals surface area contributed by atoms with Crippen LogP contribution in [0.3, 0.4) is 0 Å². The first-order valence-corrected chi connectivity index (χ1v) is 7.08. The van der Waals surface area contributed by atoms with Crippen LogP contribution in [0.1, 0.15) is 15.9 Å². The number of carbonyl (C=O) groups excluding carboxylic acids is 1. The molecule has 0 saturated heterocycles. The topological polar surface area (TPSA) is 59.8 Å². The number of benzene rings is 1. The number of hydrogen-bond acceptors (Lipinski definition) is 3. The third kappa shape index (κ3) is 3.32. The van der Waals surface area contributed by atoms with Gasteiger partial charge in [-0.05, 0) is 35.9 Å². The molecule has 0 spiro atoms. The molecule has 0 radical (unpaired) electrons. The van der Waals surface area contributed by atoms with E-state index in [1.165, 1.54) is 6.20 Å². The van der Waals surface area contributed by atoms with Gasteiger partial charge in [0.05, 0.1) is 17.4 Å². The van der Waals surface area contributed by atoms with Gasteiger partial charge in [-0.3, -0.25) is 9.78 Å². The molecule has 1 amide bonds. The molecule has 1 aromatic carbocycles. The molecular weight excluding hydrogens is 300 g/mol. The van der Waals surface area contributed by atoms with E-state index in [0.29, 0.717) is 17.1 Å². The van der Waals surface area contributed by atoms with Crippen LogP contribution in [-0.2, 0) is 6.54 Å². The van der Waals surface area contributed by atoms with Crippen LogP contribution in [-0.4, -0.2) is 20.7 Å². The Balaban J connectivity index is 1.68. The number of amides is 1. The zero-order valence-electron chi connectivity index (χ0n) is 11.6. The fourth-order valence-electron chi connectivity index (χ4n) is 1.96. The maximum Gasteiger partial charge on any atom is 0.254 e. The van der Waals surface area contributed by atoms with Crippen molar-refractivity contribution >= 4 is 17.5 Å². The Bertz CT molecular complexity index is 768. The summed E-state index contributed by atoms with van der Waals surface area (Å²) in [5.74, 6) is -0.177. The van der Waals surface area contributed by atoms with Gasteiger partial charge in [-0.15, -0.1) is 0 Å². The SMILES string of the molecule is O=C(NCc1cccnc1)c1cnn(-c2ccc(Cl)cc2)c1. The van der Waals surface area contributed by atoms with Crippen molar-refractivity contribution in [3.8, 4) is 5.69 Å². The molecule has 6 heteroatoms. The van der Waals surface area contributed by atoms with Gasteiger partial charge in [-0.1, -0.05) is 17.7 Å². The second-order valence-electron chi connectivity index (χ2n) is 4.69. The van der Waals surface area contributed by atoms with Gasteiger partial charge in [-0.2, -0.15) is 5.10 Å². The average Bonchev–Trinajstić information content (AvgIpc) is 3.04. The molecule has 2 aromatic heterocycles. The largest absolute Gasteiger partial charge is 0.348 e. The summed E-state index contributed by atoms with van der Waals surface area (Å²) < 4.78 is 1.63. The average molecular weight is 313 g/mol. The van der Waals surface area contributed by atoms with E-state index in [-0.39, 0.29) is 5.91 Å². The first-order valence-electron chi connectivity index (χ1n) is 6.70. The van der Waals surface area contributed by atoms with Crippen molar-refractivity contribution < 1.29 is 4.79 Å². The van der Waals surface area contributed by atoms with Crippen molar-refractivity contribution in [1.82, 2.24) is 20.1 Å². The number of pyridine rings is 1. The predicted octanol–water partition coefficient (Wildman–Crippen LogP) is 2.85. The van der Waals surface area contributed by atoms with Gasteiger partial charge < -0.3 is 5.32 Å². The third-order valence-corrected chi connectivity index (χ3v) is 3.36. The quantitative estimate of drug-likeness (QED) is 0.806. The summed E-state index contributed by atoms with van der Waals surface area (Å²) >= 11 is 5.86. The van der Waals surface area contributed by atoms with Crippen LogP contribution in [0.15, 0.2) is 61.2 Å². The Morgan fingerprint density at radius 2 is 2.00 bits per heavy atom. The third-order valence-electron chi connectivity index (χ3n) is 3.11. The first-order chi connectivity index (χ1) is 10.7. The number of halogens is 1. The molecule has 110 valence electrons. The lowest BCUT2D eigenvalue weighted by Gasteiger charge is -2.03. The molecule has 0 saturated carbocycles. The van der Waals surface area contributed by atoms with E-state index in [0.717, 1.165) is 11.3 Å². The molecule has 0 aliphatic heterocycles. The summed E-state index contributed by atoms with van der Waals surface area (Å²) in [4.78, 5) is 16.1. The number of carbonyl (C=O) groups is 1. The first kappa shape index (κ1) is 14.3. The molecule has 2 heterocycles. The van der Waals surface area contributed by atoms with E-state index >= 15 is 0 Å². The van der Waals surface area contributed by atoms with Gasteiger partial charge in [0.1, 0.15) is 0 Å². The van der Waals surface area contributed by atoms with Gasteiger partial charge in [0.25, 0.3) is 5.91 Å². The molecule has 3 aromatic rings. The molecule has 0 fully saturated rings. The van der Waals surface area contributed by atoms with Crippen LogP contribution < -0.4 is 5.32 Å². The normalized spacial score (nSPS) is 10.4. The zero-order chi connectivity index (χ0) is 15.4. The van der Waals surface area contributed by atoms with Crippen LogP contribution in [0, 0.1) is 0 Å². The van der Waals surface area contributed by atoms with Crippen molar-refractivity contribution in [2.24, 2.45) is 0 Å². The van der Waals surface area contributed by atoms with Crippen LogP contribution in [0.2, 0.25) is 5.02 Å². The summed E-state index contributed by atoms with van der Waals surface area (Å²) in [5.41, 5.74) is 2.29. The fraction of sp³-hybridized carbons (Fsp3) is 0.0625. The minimum absolute atomic E-state index is 0.177. The van der Waals surface area contributed by atoms with Crippen molar-refractivity contribution in [1.29, 1.82) is 0 Å². The Labute approximate surface area is 132 Å². The molecule has 0 atom stereocenters. The number of nitrogens with one attached hydrogen (secondary N) is 1. The highest BCUT2D eigenvalue weighted by Crippen LogP contribution is 2.13. The van der Waals surface area contributed by atoms with E-state index < -0.39 is 0 Å². The van der Waals surface area contributed by atoms with Crippen LogP contribution in [0.25, 0.3) is 5.69 Å². The molecule has 1 N–H and O–H groups in total. The van der Waals surface area contributed by atoms with Gasteiger partial charge >= 0.3 is 0 Å². The Morgan fingerprint density at radius 1 is 1.18 bits per heavy atom. The Hall–Kier alpha value is -2.66. The highest BCUT2D eigenvalue weighted by atomic mass is 35.5. The minimum atomic E-state index is -0.177. The van der Waals surface area contributed by atoms with Crippen molar-refractivity contribution in [3.05, 3.63) is 77.3 Å². The van der Waals surface area contributed by atoms with Gasteiger partial charge in [0.15, 0.2) is 0 Å². The highest BCUT2D eigenvalue weighted by Gasteiger charge is 2.09. The standard InChI is InChI=1S/C16H13ClN4O/c17-14-3-5-15(6-4-14)21-11-13(10-20-21)16(22)19-9-12-2-1-7-18-8-12/h1-8,10-11H,9H2,(H,19,22). The lowest BCUT2D eigenvalue weighted by atomic mass is 10.2. The second-order valence-corrected chi connectivity index (χ2v) is 5.13. The zero-order valence-corrected chi connectivity index (χ0v) is 12.4. The molecule has 22 heavy (non-hydrogen) atoms. The Morgan fingerprint density at radius 3 is 2.73 bits per heavy atom. The monoisotopic (exact) mass is 312 g/mol. The summed E-state index contributed by atoms with van der Waals surface area (Å²) in [6.07, 6.45) is 6.63. The van der Waals surface area contributed by atoms with Gasteiger partial charge in [0, 0.05) is 30.2 Å². The maximum absolute atomic E-state index is 12.1. The van der Waals surface area contributed by atoms with Crippen molar-refractivity contribution in [2.75, 3.05) is 0 Å². The summed E-state index contributed by atoms with van der Waals surface area (Å²) in [6.45, 7) is 0.429. The molecule has 0 unspecified atom stereocenters. The highest BCUT2D eigenvalue weighted by molar-refractivity contribution is 6.30. The van der Waals surface area contributed by atoms with Gasteiger partial charge in [0.2, 0.25) is 0 Å². The molecule has 0 aliphatic carbocycles. The molecule has 0 aliphatic rings. The van der Waals surface area contributed by atoms with Crippen LogP contribution in [0.5, 0.6) is 0 Å². The number of nitrogens with zero attached hydrogens (tertiary/aromatic N) is 3. The summed E-state index contributed by atoms with van der Waals surface area (Å²) in [7, 11) is 0. The molecule has 3 rings (SSSR count). The fourth-order valence-corrected chi connectivity index (χ4v) is 2.09. The summed E-state index contributed by atoms with van der Waals surface area (Å²) in [5, 5.41) is 7.69. The van der Waals surface area contributed by atoms with E-state index in [2.05, 4.69) is 15.4 Å². The lowest BCUT2D eigenvalue weighted by Crippen LogP contribution is -2.22. The lowest BCUT2D eigenvalue weighted by molar-refractivity contribution is 0.0951. The molecule has 0 bridgehead atoms. The smallest absolute Gasteiger partial charge is 0.254 e. The maximum atomic E-state index is 12.1. The van der Waals surface area contributed by atoms with Crippen LogP contribution in [0.4, 0.5) is 0 Å². The van der Waals surface area contributed by atoms with Crippen molar-refractivity contribution in [3.63, 3.8) is 0 Å². The van der Waals surface area contributed by atoms with E-state index in [1.807, 2.05) is 24.3 Å². The van der Waals surface area contributed by atoms with Crippen LogP contribution >= 0.6 is 11.6 Å². The minimum Gasteiger partial charge on any atom is -0.348 e. The number of rotatable bonds is 4. The van der Waals surface area contributed by atoms with Crippen molar-refractivity contribution in [2.45, 2.75) is 6.54 Å². The molecular formula is C16H13ClN4O. The Kier molecular flexibility index (Phi) is 4.16. The van der Waals surface area contributed by atoms with E-state index in [1.54, 1.807) is 35.4 Å². The number of hydrogen-bond donors (Lipinski definition) is 1.